The zero-order chi connectivity index (χ0) is 40.3. The Kier molecular flexibility index (Phi) is 6.44. The van der Waals surface area contributed by atoms with Crippen molar-refractivity contribution < 1.29 is 0 Å². The lowest BCUT2D eigenvalue weighted by atomic mass is 9.71. The van der Waals surface area contributed by atoms with Crippen LogP contribution in [-0.2, 0) is 11.8 Å². The maximum absolute atomic E-state index is 5.78. The molecule has 0 radical (unpaired) electrons. The Morgan fingerprint density at radius 2 is 1.20 bits per heavy atom. The van der Waals surface area contributed by atoms with E-state index in [1.165, 1.54) is 132 Å². The number of nitrogens with zero attached hydrogens (tertiary/aromatic N) is 2. The second-order valence-electron chi connectivity index (χ2n) is 18.1. The molecular weight excluding hydrogens is 737 g/mol. The summed E-state index contributed by atoms with van der Waals surface area (Å²) in [6.07, 6.45) is 0.862. The van der Waals surface area contributed by atoms with Crippen LogP contribution in [0.15, 0.2) is 170 Å². The van der Waals surface area contributed by atoms with E-state index in [1.807, 2.05) is 0 Å². The van der Waals surface area contributed by atoms with Crippen molar-refractivity contribution in [3.63, 3.8) is 0 Å². The molecule has 12 aromatic rings. The third-order valence-electron chi connectivity index (χ3n) is 14.8. The summed E-state index contributed by atoms with van der Waals surface area (Å²) in [5, 5.41) is 11.7. The Hall–Kier alpha value is -7.29. The second kappa shape index (κ2) is 11.7. The monoisotopic (exact) mass is 776 g/mol. The number of fused-ring (bicyclic) bond motifs is 19. The summed E-state index contributed by atoms with van der Waals surface area (Å²) in [4.78, 5) is 5.78. The summed E-state index contributed by atoms with van der Waals surface area (Å²) < 4.78 is 2.59. The highest BCUT2D eigenvalue weighted by molar-refractivity contribution is 6.31. The summed E-state index contributed by atoms with van der Waals surface area (Å²) >= 11 is 0. The first-order valence-electron chi connectivity index (χ1n) is 21.7. The molecule has 14 rings (SSSR count). The first-order chi connectivity index (χ1) is 30.0. The van der Waals surface area contributed by atoms with Crippen LogP contribution in [0.25, 0.3) is 104 Å². The van der Waals surface area contributed by atoms with E-state index in [1.54, 1.807) is 0 Å². The van der Waals surface area contributed by atoms with Crippen LogP contribution in [-0.4, -0.2) is 9.38 Å². The van der Waals surface area contributed by atoms with E-state index >= 15 is 0 Å². The molecule has 9 aromatic carbocycles. The van der Waals surface area contributed by atoms with Crippen molar-refractivity contribution in [3.05, 3.63) is 203 Å². The molecule has 61 heavy (non-hydrogen) atoms. The third kappa shape index (κ3) is 4.20. The van der Waals surface area contributed by atoms with Crippen molar-refractivity contribution >= 4 is 70.5 Å². The predicted octanol–water partition coefficient (Wildman–Crippen LogP) is 15.3. The maximum atomic E-state index is 5.78. The number of pyridine rings is 1. The Morgan fingerprint density at radius 1 is 0.525 bits per heavy atom. The number of aromatic nitrogens is 2. The van der Waals surface area contributed by atoms with Crippen molar-refractivity contribution in [2.75, 3.05) is 0 Å². The molecule has 3 aromatic heterocycles. The van der Waals surface area contributed by atoms with Gasteiger partial charge in [0, 0.05) is 43.7 Å². The molecule has 1 atom stereocenters. The molecule has 0 N–H and O–H groups in total. The van der Waals surface area contributed by atoms with Crippen LogP contribution >= 0.6 is 0 Å². The van der Waals surface area contributed by atoms with Gasteiger partial charge in [0.25, 0.3) is 0 Å². The molecular formula is C59H40N2. The third-order valence-corrected chi connectivity index (χ3v) is 14.8. The molecule has 2 nitrogen and oxygen atoms in total. The summed E-state index contributed by atoms with van der Waals surface area (Å²) in [7, 11) is 0. The average molecular weight is 777 g/mol. The van der Waals surface area contributed by atoms with Gasteiger partial charge in [-0.25, -0.2) is 0 Å². The number of para-hydroxylation sites is 3. The van der Waals surface area contributed by atoms with Crippen LogP contribution < -0.4 is 0 Å². The molecule has 2 aliphatic rings. The normalized spacial score (nSPS) is 15.4. The first kappa shape index (κ1) is 33.5. The fourth-order valence-corrected chi connectivity index (χ4v) is 12.3. The number of benzene rings is 9. The molecule has 0 aliphatic heterocycles. The van der Waals surface area contributed by atoms with Crippen molar-refractivity contribution in [1.82, 2.24) is 9.38 Å². The van der Waals surface area contributed by atoms with E-state index in [2.05, 4.69) is 195 Å². The lowest BCUT2D eigenvalue weighted by Crippen LogP contribution is -2.17. The molecule has 2 aliphatic carbocycles. The molecule has 0 bridgehead atoms. The van der Waals surface area contributed by atoms with E-state index < -0.39 is 0 Å². The molecule has 2 heteroatoms. The fourth-order valence-electron chi connectivity index (χ4n) is 12.3. The van der Waals surface area contributed by atoms with E-state index in [0.717, 1.165) is 11.9 Å². The Bertz CT molecular complexity index is 3900. The minimum Gasteiger partial charge on any atom is -0.307 e. The van der Waals surface area contributed by atoms with Gasteiger partial charge in [0.2, 0.25) is 0 Å². The molecule has 0 saturated carbocycles. The van der Waals surface area contributed by atoms with E-state index in [0.29, 0.717) is 0 Å². The van der Waals surface area contributed by atoms with Crippen LogP contribution in [0.2, 0.25) is 0 Å². The van der Waals surface area contributed by atoms with Crippen molar-refractivity contribution in [3.8, 4) is 33.4 Å². The van der Waals surface area contributed by atoms with Gasteiger partial charge in [-0.1, -0.05) is 166 Å². The molecule has 0 spiro atoms. The Morgan fingerprint density at radius 3 is 2.08 bits per heavy atom. The van der Waals surface area contributed by atoms with Crippen LogP contribution in [0.5, 0.6) is 0 Å². The number of hydrogen-bond acceptors (Lipinski definition) is 1. The highest BCUT2D eigenvalue weighted by Gasteiger charge is 2.38. The van der Waals surface area contributed by atoms with Crippen LogP contribution in [0.4, 0.5) is 0 Å². The van der Waals surface area contributed by atoms with Gasteiger partial charge >= 0.3 is 0 Å². The van der Waals surface area contributed by atoms with Gasteiger partial charge in [0.1, 0.15) is 0 Å². The SMILES string of the molecule is Cc1c(C2Cc3ccc4ccccc4c3-c3c2c2c4cccc5c6ccccc6n(c54)c2c2ccccc32)nc2ccccc2c1-c1ccc2c(c1)-c1ccccc1C2(C)C. The highest BCUT2D eigenvalue weighted by Crippen LogP contribution is 2.56. The van der Waals surface area contributed by atoms with Crippen LogP contribution in [0, 0.1) is 6.92 Å². The summed E-state index contributed by atoms with van der Waals surface area (Å²) in [5.74, 6) is 0.00517. The van der Waals surface area contributed by atoms with Gasteiger partial charge in [0.05, 0.1) is 27.8 Å². The van der Waals surface area contributed by atoms with Gasteiger partial charge in [-0.15, -0.1) is 0 Å². The molecule has 286 valence electrons. The van der Waals surface area contributed by atoms with E-state index in [-0.39, 0.29) is 11.3 Å². The highest BCUT2D eigenvalue weighted by atomic mass is 14.9. The first-order valence-corrected chi connectivity index (χ1v) is 21.7. The number of rotatable bonds is 2. The summed E-state index contributed by atoms with van der Waals surface area (Å²) in [6.45, 7) is 7.09. The van der Waals surface area contributed by atoms with Crippen molar-refractivity contribution in [2.45, 2.75) is 38.5 Å². The zero-order valence-electron chi connectivity index (χ0n) is 34.3. The standard InChI is InChI=1S/C59H40N2/c1-33-51(35-29-30-48-45(31-35)38-17-8-11-24-47(38)59(48,2)3)43-21-9-12-25-49(43)60-56(33)46-32-36-28-27-34-15-4-5-16-37(34)52(36)53-40-19-6-7-20-42(40)58-55(54(46)53)44-23-14-22-41-39-18-10-13-26-50(39)61(58)57(41)44/h4-31,46H,32H2,1-3H3. The molecule has 0 fully saturated rings. The summed E-state index contributed by atoms with van der Waals surface area (Å²) in [6, 6.07) is 63.9. The molecule has 0 saturated heterocycles. The smallest absolute Gasteiger partial charge is 0.0712 e. The van der Waals surface area contributed by atoms with E-state index in [4.69, 9.17) is 4.98 Å². The topological polar surface area (TPSA) is 17.3 Å². The van der Waals surface area contributed by atoms with Gasteiger partial charge < -0.3 is 4.40 Å². The molecule has 0 amide bonds. The zero-order valence-corrected chi connectivity index (χ0v) is 34.3. The van der Waals surface area contributed by atoms with Gasteiger partial charge in [-0.3, -0.25) is 4.98 Å². The molecule has 3 heterocycles. The molecule has 1 unspecified atom stereocenters. The van der Waals surface area contributed by atoms with E-state index in [9.17, 15) is 0 Å². The Labute approximate surface area is 353 Å². The maximum Gasteiger partial charge on any atom is 0.0712 e. The number of hydrogen-bond donors (Lipinski definition) is 0. The minimum absolute atomic E-state index is 0.00517. The predicted molar refractivity (Wildman–Crippen MR) is 257 cm³/mol. The average Bonchev–Trinajstić information content (AvgIpc) is 3.91. The minimum atomic E-state index is -0.0510. The van der Waals surface area contributed by atoms with Crippen LogP contribution in [0.1, 0.15) is 53.3 Å². The lowest BCUT2D eigenvalue weighted by Gasteiger charge is -2.32. The van der Waals surface area contributed by atoms with Gasteiger partial charge in [0.15, 0.2) is 0 Å². The van der Waals surface area contributed by atoms with Crippen molar-refractivity contribution in [2.24, 2.45) is 0 Å². The second-order valence-corrected chi connectivity index (χ2v) is 18.1. The lowest BCUT2D eigenvalue weighted by molar-refractivity contribution is 0.660. The van der Waals surface area contributed by atoms with Crippen molar-refractivity contribution in [1.29, 1.82) is 0 Å². The largest absolute Gasteiger partial charge is 0.307 e. The Balaban J connectivity index is 1.14. The summed E-state index contributed by atoms with van der Waals surface area (Å²) in [5.41, 5.74) is 20.8. The fraction of sp³-hybridized carbons (Fsp3) is 0.102. The van der Waals surface area contributed by atoms with Gasteiger partial charge in [-0.05, 0) is 109 Å². The van der Waals surface area contributed by atoms with Crippen LogP contribution in [0.3, 0.4) is 0 Å². The van der Waals surface area contributed by atoms with Gasteiger partial charge in [-0.2, -0.15) is 0 Å². The quantitative estimate of drug-likeness (QED) is 0.171.